The maximum absolute atomic E-state index is 13.2. The second kappa shape index (κ2) is 10.2. The van der Waals surface area contributed by atoms with Gasteiger partial charge in [-0.05, 0) is 48.9 Å². The molecule has 1 aliphatic heterocycles. The van der Waals surface area contributed by atoms with Gasteiger partial charge in [-0.3, -0.25) is 9.59 Å². The van der Waals surface area contributed by atoms with Crippen molar-refractivity contribution in [2.45, 2.75) is 32.4 Å². The number of carbonyl (C=O) groups is 2. The van der Waals surface area contributed by atoms with E-state index in [4.69, 9.17) is 9.72 Å². The lowest BCUT2D eigenvalue weighted by Gasteiger charge is -2.20. The van der Waals surface area contributed by atoms with E-state index in [1.165, 1.54) is 0 Å². The Morgan fingerprint density at radius 1 is 1.03 bits per heavy atom. The van der Waals surface area contributed by atoms with Gasteiger partial charge in [0.05, 0.1) is 17.6 Å². The van der Waals surface area contributed by atoms with Crippen LogP contribution < -0.4 is 9.64 Å². The van der Waals surface area contributed by atoms with Crippen LogP contribution in [0.25, 0.3) is 11.0 Å². The van der Waals surface area contributed by atoms with Crippen molar-refractivity contribution in [2.24, 2.45) is 0 Å². The van der Waals surface area contributed by atoms with Crippen LogP contribution in [0.1, 0.15) is 30.7 Å². The van der Waals surface area contributed by atoms with Crippen LogP contribution >= 0.6 is 0 Å². The Morgan fingerprint density at radius 3 is 2.50 bits per heavy atom. The highest BCUT2D eigenvalue weighted by Gasteiger charge is 2.35. The van der Waals surface area contributed by atoms with Gasteiger partial charge in [0.2, 0.25) is 11.8 Å². The largest absolute Gasteiger partial charge is 0.494 e. The number of anilines is 1. The molecule has 184 valence electrons. The number of rotatable bonds is 8. The molecule has 5 rings (SSSR count). The van der Waals surface area contributed by atoms with E-state index >= 15 is 0 Å². The first-order valence-electron chi connectivity index (χ1n) is 12.3. The fourth-order valence-electron chi connectivity index (χ4n) is 4.79. The summed E-state index contributed by atoms with van der Waals surface area (Å²) in [5.41, 5.74) is 3.66. The normalized spacial score (nSPS) is 15.4. The molecule has 36 heavy (non-hydrogen) atoms. The molecule has 7 heteroatoms. The molecule has 7 nitrogen and oxygen atoms in total. The number of para-hydroxylation sites is 2. The first kappa shape index (κ1) is 23.6. The Labute approximate surface area is 210 Å². The van der Waals surface area contributed by atoms with Gasteiger partial charge in [-0.15, -0.1) is 0 Å². The van der Waals surface area contributed by atoms with Crippen LogP contribution in [0.3, 0.4) is 0 Å². The summed E-state index contributed by atoms with van der Waals surface area (Å²) in [5.74, 6) is 1.50. The van der Waals surface area contributed by atoms with E-state index in [1.54, 1.807) is 9.80 Å². The summed E-state index contributed by atoms with van der Waals surface area (Å²) in [6.45, 7) is 3.77. The number of hydrogen-bond acceptors (Lipinski definition) is 4. The Bertz CT molecular complexity index is 1360. The summed E-state index contributed by atoms with van der Waals surface area (Å²) in [4.78, 5) is 34.7. The van der Waals surface area contributed by atoms with Crippen LogP contribution in [0.5, 0.6) is 5.75 Å². The number of hydrogen-bond donors (Lipinski definition) is 0. The molecule has 3 aromatic carbocycles. The SMILES string of the molecule is CCOc1ccc(N2CC(c3nc4ccccc4n3CC(=O)N(C)Cc3ccccc3)CC2=O)cc1. The van der Waals surface area contributed by atoms with Crippen molar-refractivity contribution in [3.63, 3.8) is 0 Å². The monoisotopic (exact) mass is 482 g/mol. The van der Waals surface area contributed by atoms with Crippen LogP contribution in [0.2, 0.25) is 0 Å². The Hall–Kier alpha value is -4.13. The van der Waals surface area contributed by atoms with Gasteiger partial charge in [-0.1, -0.05) is 42.5 Å². The highest BCUT2D eigenvalue weighted by Crippen LogP contribution is 2.34. The van der Waals surface area contributed by atoms with Gasteiger partial charge in [0.25, 0.3) is 0 Å². The lowest BCUT2D eigenvalue weighted by molar-refractivity contribution is -0.131. The Balaban J connectivity index is 1.39. The first-order chi connectivity index (χ1) is 17.5. The van der Waals surface area contributed by atoms with Crippen LogP contribution in [0.4, 0.5) is 5.69 Å². The number of nitrogens with zero attached hydrogens (tertiary/aromatic N) is 4. The third kappa shape index (κ3) is 4.82. The highest BCUT2D eigenvalue weighted by atomic mass is 16.5. The predicted octanol–water partition coefficient (Wildman–Crippen LogP) is 4.61. The van der Waals surface area contributed by atoms with E-state index in [1.807, 2.05) is 97.4 Å². The summed E-state index contributed by atoms with van der Waals surface area (Å²) >= 11 is 0. The van der Waals surface area contributed by atoms with E-state index in [-0.39, 0.29) is 24.3 Å². The van der Waals surface area contributed by atoms with E-state index in [9.17, 15) is 9.59 Å². The van der Waals surface area contributed by atoms with Gasteiger partial charge in [0.1, 0.15) is 18.1 Å². The molecule has 1 atom stereocenters. The van der Waals surface area contributed by atoms with Gasteiger partial charge in [0, 0.05) is 38.2 Å². The third-order valence-electron chi connectivity index (χ3n) is 6.62. The van der Waals surface area contributed by atoms with Crippen molar-refractivity contribution in [3.05, 3.63) is 90.3 Å². The van der Waals surface area contributed by atoms with Gasteiger partial charge < -0.3 is 19.1 Å². The molecule has 1 aliphatic rings. The number of likely N-dealkylation sites (N-methyl/N-ethyl adjacent to an activating group) is 1. The number of aromatic nitrogens is 2. The molecule has 0 bridgehead atoms. The van der Waals surface area contributed by atoms with E-state index in [0.29, 0.717) is 26.1 Å². The second-order valence-corrected chi connectivity index (χ2v) is 9.11. The maximum atomic E-state index is 13.2. The predicted molar refractivity (Wildman–Crippen MR) is 140 cm³/mol. The fourth-order valence-corrected chi connectivity index (χ4v) is 4.79. The molecule has 0 aliphatic carbocycles. The second-order valence-electron chi connectivity index (χ2n) is 9.11. The molecule has 0 saturated carbocycles. The van der Waals surface area contributed by atoms with Crippen LogP contribution in [0.15, 0.2) is 78.9 Å². The highest BCUT2D eigenvalue weighted by molar-refractivity contribution is 5.96. The summed E-state index contributed by atoms with van der Waals surface area (Å²) in [7, 11) is 1.82. The maximum Gasteiger partial charge on any atom is 0.242 e. The zero-order valence-corrected chi connectivity index (χ0v) is 20.6. The Kier molecular flexibility index (Phi) is 6.71. The van der Waals surface area contributed by atoms with Crippen molar-refractivity contribution in [2.75, 3.05) is 25.1 Å². The van der Waals surface area contributed by atoms with Crippen LogP contribution in [-0.2, 0) is 22.7 Å². The minimum Gasteiger partial charge on any atom is -0.494 e. The zero-order valence-electron chi connectivity index (χ0n) is 20.6. The summed E-state index contributed by atoms with van der Waals surface area (Å²) in [6.07, 6.45) is 0.352. The molecular weight excluding hydrogens is 452 g/mol. The number of fused-ring (bicyclic) bond motifs is 1. The van der Waals surface area contributed by atoms with Gasteiger partial charge >= 0.3 is 0 Å². The number of amides is 2. The van der Waals surface area contributed by atoms with E-state index in [0.717, 1.165) is 33.9 Å². The molecule has 0 radical (unpaired) electrons. The molecule has 1 saturated heterocycles. The van der Waals surface area contributed by atoms with Crippen molar-refractivity contribution in [3.8, 4) is 5.75 Å². The lowest BCUT2D eigenvalue weighted by atomic mass is 10.1. The summed E-state index contributed by atoms with van der Waals surface area (Å²) in [6, 6.07) is 25.4. The third-order valence-corrected chi connectivity index (χ3v) is 6.62. The number of benzene rings is 3. The molecule has 0 N–H and O–H groups in total. The minimum atomic E-state index is -0.108. The van der Waals surface area contributed by atoms with Crippen molar-refractivity contribution in [1.82, 2.24) is 14.5 Å². The number of ether oxygens (including phenoxy) is 1. The topological polar surface area (TPSA) is 67.7 Å². The molecule has 1 aromatic heterocycles. The number of carbonyl (C=O) groups excluding carboxylic acids is 2. The first-order valence-corrected chi connectivity index (χ1v) is 12.3. The molecule has 1 unspecified atom stereocenters. The van der Waals surface area contributed by atoms with Gasteiger partial charge in [-0.25, -0.2) is 4.98 Å². The van der Waals surface area contributed by atoms with Gasteiger partial charge in [0.15, 0.2) is 0 Å². The number of imidazole rings is 1. The Morgan fingerprint density at radius 2 is 1.75 bits per heavy atom. The molecule has 2 amide bonds. The fraction of sp³-hybridized carbons (Fsp3) is 0.276. The molecular formula is C29H30N4O3. The van der Waals surface area contributed by atoms with Crippen molar-refractivity contribution >= 4 is 28.5 Å². The zero-order chi connectivity index (χ0) is 25.1. The lowest BCUT2D eigenvalue weighted by Crippen LogP contribution is -2.30. The van der Waals surface area contributed by atoms with E-state index < -0.39 is 0 Å². The van der Waals surface area contributed by atoms with Crippen molar-refractivity contribution < 1.29 is 14.3 Å². The van der Waals surface area contributed by atoms with Crippen LogP contribution in [0, 0.1) is 0 Å². The average molecular weight is 483 g/mol. The van der Waals surface area contributed by atoms with Crippen LogP contribution in [-0.4, -0.2) is 46.5 Å². The summed E-state index contributed by atoms with van der Waals surface area (Å²) in [5, 5.41) is 0. The average Bonchev–Trinajstić information content (AvgIpc) is 3.46. The molecule has 2 heterocycles. The molecule has 4 aromatic rings. The molecule has 0 spiro atoms. The van der Waals surface area contributed by atoms with Gasteiger partial charge in [-0.2, -0.15) is 0 Å². The quantitative estimate of drug-likeness (QED) is 0.368. The molecule has 1 fully saturated rings. The summed E-state index contributed by atoms with van der Waals surface area (Å²) < 4.78 is 7.52. The smallest absolute Gasteiger partial charge is 0.242 e. The van der Waals surface area contributed by atoms with Crippen molar-refractivity contribution in [1.29, 1.82) is 0 Å². The van der Waals surface area contributed by atoms with E-state index in [2.05, 4.69) is 0 Å². The standard InChI is InChI=1S/C29H30N4O3/c1-3-36-24-15-13-23(14-16-24)32-19-22(17-27(32)34)29-30-25-11-7-8-12-26(25)33(29)20-28(35)31(2)18-21-9-5-4-6-10-21/h4-16,22H,3,17-20H2,1-2H3. The minimum absolute atomic E-state index is 0.00375.